The van der Waals surface area contributed by atoms with Gasteiger partial charge in [-0.1, -0.05) is 12.1 Å². The van der Waals surface area contributed by atoms with E-state index in [9.17, 15) is 0 Å². The van der Waals surface area contributed by atoms with Crippen molar-refractivity contribution >= 4 is 23.3 Å². The van der Waals surface area contributed by atoms with Crippen LogP contribution >= 0.6 is 0 Å². The van der Waals surface area contributed by atoms with Gasteiger partial charge in [-0.3, -0.25) is 0 Å². The van der Waals surface area contributed by atoms with Gasteiger partial charge in [0.15, 0.2) is 0 Å². The molecule has 7 nitrogen and oxygen atoms in total. The molecule has 4 N–H and O–H groups in total. The molecule has 27 heavy (non-hydrogen) atoms. The summed E-state index contributed by atoms with van der Waals surface area (Å²) in [6.45, 7) is 6.52. The number of nitrogens with one attached hydrogen (secondary N) is 2. The highest BCUT2D eigenvalue weighted by atomic mass is 15.3. The first-order chi connectivity index (χ1) is 13.3. The summed E-state index contributed by atoms with van der Waals surface area (Å²) in [5.74, 6) is 2.69. The van der Waals surface area contributed by atoms with Gasteiger partial charge in [-0.15, -0.1) is 0 Å². The summed E-state index contributed by atoms with van der Waals surface area (Å²) in [5, 5.41) is 6.85. The Morgan fingerprint density at radius 2 is 1.67 bits per heavy atom. The van der Waals surface area contributed by atoms with Crippen LogP contribution in [0.4, 0.5) is 23.3 Å². The Morgan fingerprint density at radius 1 is 0.926 bits per heavy atom. The summed E-state index contributed by atoms with van der Waals surface area (Å²) in [6, 6.07) is 10.3. The van der Waals surface area contributed by atoms with Gasteiger partial charge in [-0.2, -0.15) is 9.97 Å². The molecule has 0 saturated carbocycles. The molecule has 0 aliphatic carbocycles. The summed E-state index contributed by atoms with van der Waals surface area (Å²) >= 11 is 0. The molecule has 1 aromatic carbocycles. The fourth-order valence-corrected chi connectivity index (χ4v) is 3.65. The van der Waals surface area contributed by atoms with E-state index >= 15 is 0 Å². The first kappa shape index (κ1) is 18.0. The van der Waals surface area contributed by atoms with Gasteiger partial charge in [0, 0.05) is 57.6 Å². The first-order valence-corrected chi connectivity index (χ1v) is 9.97. The number of aromatic nitrogens is 2. The summed E-state index contributed by atoms with van der Waals surface area (Å²) in [4.78, 5) is 14.4. The van der Waals surface area contributed by atoms with Crippen LogP contribution in [0.15, 0.2) is 30.3 Å². The lowest BCUT2D eigenvalue weighted by Crippen LogP contribution is -2.44. The summed E-state index contributed by atoms with van der Waals surface area (Å²) in [6.07, 6.45) is 3.78. The number of hydrogen-bond acceptors (Lipinski definition) is 7. The van der Waals surface area contributed by atoms with Gasteiger partial charge in [0.25, 0.3) is 0 Å². The molecule has 0 atom stereocenters. The molecule has 2 aliphatic heterocycles. The maximum atomic E-state index is 5.70. The lowest BCUT2D eigenvalue weighted by Gasteiger charge is -2.31. The van der Waals surface area contributed by atoms with Gasteiger partial charge in [0.1, 0.15) is 11.6 Å². The molecule has 144 valence electrons. The Labute approximate surface area is 161 Å². The topological polar surface area (TPSA) is 82.3 Å². The minimum atomic E-state index is 0.556. The zero-order valence-corrected chi connectivity index (χ0v) is 15.8. The summed E-state index contributed by atoms with van der Waals surface area (Å²) in [7, 11) is 0. The van der Waals surface area contributed by atoms with Crippen LogP contribution in [-0.4, -0.2) is 49.2 Å². The van der Waals surface area contributed by atoms with Crippen LogP contribution in [-0.2, 0) is 6.54 Å². The van der Waals surface area contributed by atoms with Crippen molar-refractivity contribution in [3.05, 3.63) is 35.9 Å². The van der Waals surface area contributed by atoms with E-state index in [1.807, 2.05) is 12.1 Å². The normalized spacial score (nSPS) is 17.8. The van der Waals surface area contributed by atoms with Crippen LogP contribution in [0.2, 0.25) is 0 Å². The number of rotatable bonds is 5. The third kappa shape index (κ3) is 4.48. The van der Waals surface area contributed by atoms with E-state index in [0.29, 0.717) is 6.54 Å². The lowest BCUT2D eigenvalue weighted by molar-refractivity contribution is 0.566. The van der Waals surface area contributed by atoms with Crippen LogP contribution in [0.3, 0.4) is 0 Å². The van der Waals surface area contributed by atoms with Crippen molar-refractivity contribution in [3.8, 4) is 0 Å². The smallest absolute Gasteiger partial charge is 0.229 e. The summed E-state index contributed by atoms with van der Waals surface area (Å²) < 4.78 is 0. The van der Waals surface area contributed by atoms with Crippen LogP contribution < -0.4 is 26.2 Å². The minimum Gasteiger partial charge on any atom is -0.356 e. The van der Waals surface area contributed by atoms with Gasteiger partial charge in [0.05, 0.1) is 0 Å². The zero-order chi connectivity index (χ0) is 18.5. The van der Waals surface area contributed by atoms with Gasteiger partial charge in [-0.05, 0) is 37.0 Å². The van der Waals surface area contributed by atoms with Crippen molar-refractivity contribution in [2.24, 2.45) is 5.73 Å². The van der Waals surface area contributed by atoms with E-state index in [1.165, 1.54) is 19.3 Å². The molecule has 4 rings (SSSR count). The standard InChI is InChI=1S/C20H29N7/c21-15-16-4-6-17(7-5-16)23-18-14-19(26-10-2-1-3-11-26)25-20(24-18)27-12-8-22-9-13-27/h4-7,14,22H,1-3,8-13,15,21H2,(H,23,24,25). The minimum absolute atomic E-state index is 0.556. The summed E-state index contributed by atoms with van der Waals surface area (Å²) in [5.41, 5.74) is 7.84. The molecule has 0 bridgehead atoms. The Hall–Kier alpha value is -2.38. The predicted molar refractivity (Wildman–Crippen MR) is 111 cm³/mol. The largest absolute Gasteiger partial charge is 0.356 e. The van der Waals surface area contributed by atoms with Gasteiger partial charge in [-0.25, -0.2) is 0 Å². The highest BCUT2D eigenvalue weighted by Crippen LogP contribution is 2.25. The van der Waals surface area contributed by atoms with E-state index in [4.69, 9.17) is 15.7 Å². The number of benzene rings is 1. The average molecular weight is 368 g/mol. The molecule has 0 spiro atoms. The maximum Gasteiger partial charge on any atom is 0.229 e. The Kier molecular flexibility index (Phi) is 5.69. The Balaban J connectivity index is 1.61. The third-order valence-electron chi connectivity index (χ3n) is 5.24. The Morgan fingerprint density at radius 3 is 2.37 bits per heavy atom. The molecule has 2 aliphatic rings. The molecule has 2 fully saturated rings. The van der Waals surface area contributed by atoms with Gasteiger partial charge < -0.3 is 26.2 Å². The second kappa shape index (κ2) is 8.54. The van der Waals surface area contributed by atoms with Crippen molar-refractivity contribution in [2.75, 3.05) is 54.4 Å². The number of nitrogens with two attached hydrogens (primary N) is 1. The molecule has 0 radical (unpaired) electrons. The fraction of sp³-hybridized carbons (Fsp3) is 0.500. The molecule has 1 aromatic heterocycles. The van der Waals surface area contributed by atoms with E-state index in [0.717, 1.165) is 68.1 Å². The molecule has 2 aromatic rings. The van der Waals surface area contributed by atoms with Crippen molar-refractivity contribution in [2.45, 2.75) is 25.8 Å². The number of piperazine rings is 1. The SMILES string of the molecule is NCc1ccc(Nc2cc(N3CCCCC3)nc(N3CCNCC3)n2)cc1. The number of hydrogen-bond donors (Lipinski definition) is 3. The second-order valence-corrected chi connectivity index (χ2v) is 7.22. The van der Waals surface area contributed by atoms with Crippen LogP contribution in [0, 0.1) is 0 Å². The number of nitrogens with zero attached hydrogens (tertiary/aromatic N) is 4. The van der Waals surface area contributed by atoms with E-state index in [-0.39, 0.29) is 0 Å². The molecule has 0 amide bonds. The molecule has 7 heteroatoms. The first-order valence-electron chi connectivity index (χ1n) is 9.97. The highest BCUT2D eigenvalue weighted by Gasteiger charge is 2.19. The van der Waals surface area contributed by atoms with E-state index in [2.05, 4.69) is 38.6 Å². The molecule has 3 heterocycles. The van der Waals surface area contributed by atoms with Crippen molar-refractivity contribution < 1.29 is 0 Å². The maximum absolute atomic E-state index is 5.70. The monoisotopic (exact) mass is 367 g/mol. The quantitative estimate of drug-likeness (QED) is 0.746. The van der Waals surface area contributed by atoms with Crippen molar-refractivity contribution in [1.82, 2.24) is 15.3 Å². The van der Waals surface area contributed by atoms with Crippen molar-refractivity contribution in [3.63, 3.8) is 0 Å². The highest BCUT2D eigenvalue weighted by molar-refractivity contribution is 5.62. The van der Waals surface area contributed by atoms with E-state index in [1.54, 1.807) is 0 Å². The second-order valence-electron chi connectivity index (χ2n) is 7.22. The predicted octanol–water partition coefficient (Wildman–Crippen LogP) is 2.08. The molecule has 0 unspecified atom stereocenters. The Bertz CT molecular complexity index is 698. The zero-order valence-electron chi connectivity index (χ0n) is 15.8. The third-order valence-corrected chi connectivity index (χ3v) is 5.24. The molecule has 2 saturated heterocycles. The van der Waals surface area contributed by atoms with Crippen LogP contribution in [0.25, 0.3) is 0 Å². The van der Waals surface area contributed by atoms with Gasteiger partial charge in [0.2, 0.25) is 5.95 Å². The fourth-order valence-electron chi connectivity index (χ4n) is 3.65. The molecular weight excluding hydrogens is 338 g/mol. The van der Waals surface area contributed by atoms with Crippen LogP contribution in [0.5, 0.6) is 0 Å². The van der Waals surface area contributed by atoms with Gasteiger partial charge >= 0.3 is 0 Å². The number of piperidine rings is 1. The lowest BCUT2D eigenvalue weighted by atomic mass is 10.1. The van der Waals surface area contributed by atoms with Crippen molar-refractivity contribution in [1.29, 1.82) is 0 Å². The molecular formula is C20H29N7. The van der Waals surface area contributed by atoms with E-state index < -0.39 is 0 Å². The van der Waals surface area contributed by atoms with Crippen LogP contribution in [0.1, 0.15) is 24.8 Å². The average Bonchev–Trinajstić information content (AvgIpc) is 2.75. The number of anilines is 4.